The summed E-state index contributed by atoms with van der Waals surface area (Å²) in [6.07, 6.45) is 6.02. The van der Waals surface area contributed by atoms with Crippen molar-refractivity contribution in [3.8, 4) is 0 Å². The van der Waals surface area contributed by atoms with E-state index in [1.165, 1.54) is 0 Å². The van der Waals surface area contributed by atoms with Gasteiger partial charge in [0.05, 0.1) is 17.9 Å². The van der Waals surface area contributed by atoms with Crippen LogP contribution < -0.4 is 5.73 Å². The number of amides is 1. The third-order valence-electron chi connectivity index (χ3n) is 4.05. The van der Waals surface area contributed by atoms with E-state index in [-0.39, 0.29) is 5.91 Å². The van der Waals surface area contributed by atoms with Crippen molar-refractivity contribution in [3.05, 3.63) is 35.9 Å². The molecule has 0 atom stereocenters. The first kappa shape index (κ1) is 13.7. The number of aryl methyl sites for hydroxylation is 1. The van der Waals surface area contributed by atoms with E-state index in [9.17, 15) is 4.79 Å². The van der Waals surface area contributed by atoms with Gasteiger partial charge in [0.2, 0.25) is 0 Å². The number of anilines is 1. The minimum absolute atomic E-state index is 0.0685. The highest BCUT2D eigenvalue weighted by atomic mass is 16.3. The van der Waals surface area contributed by atoms with Gasteiger partial charge in [-0.25, -0.2) is 0 Å². The first-order chi connectivity index (χ1) is 10.2. The molecular formula is C15H20N4O2. The largest absolute Gasteiger partial charge is 0.469 e. The second kappa shape index (κ2) is 5.63. The van der Waals surface area contributed by atoms with Crippen molar-refractivity contribution < 1.29 is 9.21 Å². The van der Waals surface area contributed by atoms with E-state index in [1.54, 1.807) is 18.4 Å². The van der Waals surface area contributed by atoms with Crippen molar-refractivity contribution in [2.45, 2.75) is 32.2 Å². The van der Waals surface area contributed by atoms with Crippen LogP contribution in [0.25, 0.3) is 0 Å². The lowest BCUT2D eigenvalue weighted by Gasteiger charge is -2.32. The second-order valence-electron chi connectivity index (χ2n) is 5.35. The van der Waals surface area contributed by atoms with Crippen LogP contribution in [0.5, 0.6) is 0 Å². The SMILES string of the molecule is CCc1occc1C(=O)N1CCC(n2ccc(N)n2)CC1. The molecule has 3 heterocycles. The molecule has 0 radical (unpaired) electrons. The highest BCUT2D eigenvalue weighted by Gasteiger charge is 2.26. The van der Waals surface area contributed by atoms with Gasteiger partial charge in [0.15, 0.2) is 0 Å². The lowest BCUT2D eigenvalue weighted by Crippen LogP contribution is -2.39. The first-order valence-electron chi connectivity index (χ1n) is 7.35. The lowest BCUT2D eigenvalue weighted by molar-refractivity contribution is 0.0688. The molecule has 21 heavy (non-hydrogen) atoms. The van der Waals surface area contributed by atoms with Gasteiger partial charge in [0, 0.05) is 25.7 Å². The molecule has 0 spiro atoms. The zero-order valence-corrected chi connectivity index (χ0v) is 12.2. The lowest BCUT2D eigenvalue weighted by atomic mass is 10.0. The fraction of sp³-hybridized carbons (Fsp3) is 0.467. The summed E-state index contributed by atoms with van der Waals surface area (Å²) in [5.74, 6) is 1.38. The molecule has 2 aromatic heterocycles. The number of nitrogens with zero attached hydrogens (tertiary/aromatic N) is 3. The Morgan fingerprint density at radius 3 is 2.81 bits per heavy atom. The number of hydrogen-bond acceptors (Lipinski definition) is 4. The molecule has 1 amide bonds. The average molecular weight is 288 g/mol. The number of aromatic nitrogens is 2. The molecule has 112 valence electrons. The van der Waals surface area contributed by atoms with Crippen molar-refractivity contribution in [1.82, 2.24) is 14.7 Å². The van der Waals surface area contributed by atoms with E-state index in [1.807, 2.05) is 22.7 Å². The molecule has 0 unspecified atom stereocenters. The minimum Gasteiger partial charge on any atom is -0.469 e. The molecule has 2 aromatic rings. The van der Waals surface area contributed by atoms with Crippen LogP contribution in [-0.2, 0) is 6.42 Å². The number of rotatable bonds is 3. The first-order valence-corrected chi connectivity index (χ1v) is 7.35. The van der Waals surface area contributed by atoms with E-state index < -0.39 is 0 Å². The normalized spacial score (nSPS) is 16.3. The number of furan rings is 1. The highest BCUT2D eigenvalue weighted by Crippen LogP contribution is 2.24. The molecule has 0 bridgehead atoms. The molecule has 0 aromatic carbocycles. The van der Waals surface area contributed by atoms with Gasteiger partial charge in [-0.05, 0) is 25.0 Å². The zero-order chi connectivity index (χ0) is 14.8. The van der Waals surface area contributed by atoms with Crippen LogP contribution >= 0.6 is 0 Å². The van der Waals surface area contributed by atoms with Crippen molar-refractivity contribution in [1.29, 1.82) is 0 Å². The van der Waals surface area contributed by atoms with Gasteiger partial charge < -0.3 is 15.1 Å². The highest BCUT2D eigenvalue weighted by molar-refractivity contribution is 5.95. The van der Waals surface area contributed by atoms with Crippen LogP contribution in [-0.4, -0.2) is 33.7 Å². The predicted octanol–water partition coefficient (Wildman–Crippen LogP) is 2.10. The Hall–Kier alpha value is -2.24. The maximum atomic E-state index is 12.5. The number of hydrogen-bond donors (Lipinski definition) is 1. The molecule has 0 aliphatic carbocycles. The number of piperidine rings is 1. The number of nitrogen functional groups attached to an aromatic ring is 1. The number of carbonyl (C=O) groups excluding carboxylic acids is 1. The van der Waals surface area contributed by atoms with E-state index in [2.05, 4.69) is 5.10 Å². The monoisotopic (exact) mass is 288 g/mol. The van der Waals surface area contributed by atoms with Crippen molar-refractivity contribution in [2.24, 2.45) is 0 Å². The van der Waals surface area contributed by atoms with Crippen LogP contribution in [0.3, 0.4) is 0 Å². The molecule has 1 aliphatic heterocycles. The Kier molecular flexibility index (Phi) is 3.68. The maximum absolute atomic E-state index is 12.5. The van der Waals surface area contributed by atoms with E-state index in [4.69, 9.17) is 10.2 Å². The Bertz CT molecular complexity index is 623. The standard InChI is InChI=1S/C15H20N4O2/c1-2-13-12(6-10-21-13)15(20)18-7-3-11(4-8-18)19-9-5-14(16)17-19/h5-6,9-11H,2-4,7-8H2,1H3,(H2,16,17). The third-order valence-corrected chi connectivity index (χ3v) is 4.05. The van der Waals surface area contributed by atoms with Crippen LogP contribution in [0.1, 0.15) is 41.9 Å². The molecule has 6 heteroatoms. The topological polar surface area (TPSA) is 77.3 Å². The Balaban J connectivity index is 1.64. The summed E-state index contributed by atoms with van der Waals surface area (Å²) < 4.78 is 7.25. The summed E-state index contributed by atoms with van der Waals surface area (Å²) in [7, 11) is 0. The summed E-state index contributed by atoms with van der Waals surface area (Å²) >= 11 is 0. The quantitative estimate of drug-likeness (QED) is 0.938. The van der Waals surface area contributed by atoms with E-state index in [0.717, 1.165) is 38.1 Å². The molecule has 3 rings (SSSR count). The minimum atomic E-state index is 0.0685. The Morgan fingerprint density at radius 1 is 1.43 bits per heavy atom. The van der Waals surface area contributed by atoms with Crippen LogP contribution in [0, 0.1) is 0 Å². The van der Waals surface area contributed by atoms with Gasteiger partial charge in [0.1, 0.15) is 11.6 Å². The van der Waals surface area contributed by atoms with Crippen molar-refractivity contribution >= 4 is 11.7 Å². The smallest absolute Gasteiger partial charge is 0.257 e. The molecule has 1 aliphatic rings. The summed E-state index contributed by atoms with van der Waals surface area (Å²) in [4.78, 5) is 14.4. The molecule has 0 saturated carbocycles. The van der Waals surface area contributed by atoms with Gasteiger partial charge in [-0.2, -0.15) is 5.10 Å². The summed E-state index contributed by atoms with van der Waals surface area (Å²) in [6.45, 7) is 3.46. The number of nitrogens with two attached hydrogens (primary N) is 1. The fourth-order valence-electron chi connectivity index (χ4n) is 2.86. The van der Waals surface area contributed by atoms with Crippen LogP contribution in [0.2, 0.25) is 0 Å². The second-order valence-corrected chi connectivity index (χ2v) is 5.35. The van der Waals surface area contributed by atoms with Crippen molar-refractivity contribution in [3.63, 3.8) is 0 Å². The van der Waals surface area contributed by atoms with Gasteiger partial charge in [-0.1, -0.05) is 6.92 Å². The molecule has 2 N–H and O–H groups in total. The van der Waals surface area contributed by atoms with Crippen molar-refractivity contribution in [2.75, 3.05) is 18.8 Å². The fourth-order valence-corrected chi connectivity index (χ4v) is 2.86. The molecule has 6 nitrogen and oxygen atoms in total. The van der Waals surface area contributed by atoms with Gasteiger partial charge >= 0.3 is 0 Å². The van der Waals surface area contributed by atoms with Crippen LogP contribution in [0.15, 0.2) is 29.0 Å². The average Bonchev–Trinajstić information content (AvgIpc) is 3.15. The van der Waals surface area contributed by atoms with E-state index >= 15 is 0 Å². The number of likely N-dealkylation sites (tertiary alicyclic amines) is 1. The Labute approximate surface area is 123 Å². The summed E-state index contributed by atoms with van der Waals surface area (Å²) in [5.41, 5.74) is 6.34. The Morgan fingerprint density at radius 2 is 2.19 bits per heavy atom. The summed E-state index contributed by atoms with van der Waals surface area (Å²) in [5, 5.41) is 4.26. The van der Waals surface area contributed by atoms with Gasteiger partial charge in [0.25, 0.3) is 5.91 Å². The maximum Gasteiger partial charge on any atom is 0.257 e. The van der Waals surface area contributed by atoms with Gasteiger partial charge in [-0.15, -0.1) is 0 Å². The van der Waals surface area contributed by atoms with Crippen LogP contribution in [0.4, 0.5) is 5.82 Å². The number of carbonyl (C=O) groups is 1. The molecule has 1 saturated heterocycles. The van der Waals surface area contributed by atoms with E-state index in [0.29, 0.717) is 17.4 Å². The third kappa shape index (κ3) is 2.66. The van der Waals surface area contributed by atoms with Gasteiger partial charge in [-0.3, -0.25) is 9.48 Å². The molecular weight excluding hydrogens is 268 g/mol. The zero-order valence-electron chi connectivity index (χ0n) is 12.2. The summed E-state index contributed by atoms with van der Waals surface area (Å²) in [6, 6.07) is 3.89. The molecule has 1 fully saturated rings. The predicted molar refractivity (Wildman–Crippen MR) is 78.9 cm³/mol.